The standard InChI is InChI=1S/C18H21NO4S/c1-13-4-7-24-18(13)10-19-5-6-20-15(9-19)11-21-14-2-3-16-17(8-14)23-12-22-16/h2-4,7-8,15H,5-6,9-12H2,1H3. The normalized spacial score (nSPS) is 20.3. The topological polar surface area (TPSA) is 40.2 Å². The molecule has 1 unspecified atom stereocenters. The van der Waals surface area contributed by atoms with Gasteiger partial charge >= 0.3 is 0 Å². The monoisotopic (exact) mass is 347 g/mol. The fourth-order valence-electron chi connectivity index (χ4n) is 2.95. The van der Waals surface area contributed by atoms with Gasteiger partial charge in [-0.3, -0.25) is 4.90 Å². The predicted molar refractivity (Wildman–Crippen MR) is 92.1 cm³/mol. The first-order chi connectivity index (χ1) is 11.8. The van der Waals surface area contributed by atoms with Crippen LogP contribution in [0.15, 0.2) is 29.6 Å². The van der Waals surface area contributed by atoms with E-state index in [1.54, 1.807) is 0 Å². The van der Waals surface area contributed by atoms with E-state index in [0.29, 0.717) is 6.61 Å². The summed E-state index contributed by atoms with van der Waals surface area (Å²) in [5.41, 5.74) is 1.37. The summed E-state index contributed by atoms with van der Waals surface area (Å²) in [7, 11) is 0. The minimum Gasteiger partial charge on any atom is -0.491 e. The molecule has 0 saturated carbocycles. The molecule has 1 saturated heterocycles. The number of benzene rings is 1. The molecule has 1 atom stereocenters. The Morgan fingerprint density at radius 2 is 2.17 bits per heavy atom. The molecule has 2 aromatic rings. The van der Waals surface area contributed by atoms with E-state index in [2.05, 4.69) is 23.3 Å². The van der Waals surface area contributed by atoms with E-state index in [1.807, 2.05) is 29.5 Å². The molecular formula is C18H21NO4S. The van der Waals surface area contributed by atoms with Crippen LogP contribution in [0, 0.1) is 6.92 Å². The van der Waals surface area contributed by atoms with Crippen LogP contribution in [0.25, 0.3) is 0 Å². The van der Waals surface area contributed by atoms with Crippen LogP contribution in [0.1, 0.15) is 10.4 Å². The summed E-state index contributed by atoms with van der Waals surface area (Å²) < 4.78 is 22.4. The molecule has 2 aliphatic heterocycles. The number of morpholine rings is 1. The van der Waals surface area contributed by atoms with E-state index in [4.69, 9.17) is 18.9 Å². The summed E-state index contributed by atoms with van der Waals surface area (Å²) >= 11 is 1.83. The van der Waals surface area contributed by atoms with Crippen LogP contribution in [0.2, 0.25) is 0 Å². The van der Waals surface area contributed by atoms with Crippen LogP contribution in [-0.4, -0.2) is 44.1 Å². The Morgan fingerprint density at radius 1 is 1.25 bits per heavy atom. The van der Waals surface area contributed by atoms with Crippen LogP contribution < -0.4 is 14.2 Å². The van der Waals surface area contributed by atoms with Gasteiger partial charge in [-0.15, -0.1) is 11.3 Å². The van der Waals surface area contributed by atoms with Crippen molar-refractivity contribution in [3.8, 4) is 17.2 Å². The highest BCUT2D eigenvalue weighted by atomic mass is 32.1. The Labute approximate surface area is 145 Å². The molecule has 5 nitrogen and oxygen atoms in total. The fraction of sp³-hybridized carbons (Fsp3) is 0.444. The molecule has 3 heterocycles. The van der Waals surface area contributed by atoms with Crippen LogP contribution in [-0.2, 0) is 11.3 Å². The molecule has 2 aliphatic rings. The third-order valence-corrected chi connectivity index (χ3v) is 5.35. The maximum Gasteiger partial charge on any atom is 0.231 e. The maximum absolute atomic E-state index is 5.89. The summed E-state index contributed by atoms with van der Waals surface area (Å²) in [6.45, 7) is 6.60. The van der Waals surface area contributed by atoms with Crippen molar-refractivity contribution in [1.29, 1.82) is 0 Å². The number of thiophene rings is 1. The predicted octanol–water partition coefficient (Wildman–Crippen LogP) is 3.07. The van der Waals surface area contributed by atoms with Crippen LogP contribution in [0.5, 0.6) is 17.2 Å². The van der Waals surface area contributed by atoms with Gasteiger partial charge in [-0.2, -0.15) is 0 Å². The second-order valence-corrected chi connectivity index (χ2v) is 7.08. The SMILES string of the molecule is Cc1ccsc1CN1CCOC(COc2ccc3c(c2)OCO3)C1. The molecule has 0 bridgehead atoms. The molecule has 24 heavy (non-hydrogen) atoms. The molecule has 0 spiro atoms. The lowest BCUT2D eigenvalue weighted by Crippen LogP contribution is -2.44. The van der Waals surface area contributed by atoms with E-state index in [-0.39, 0.29) is 12.9 Å². The van der Waals surface area contributed by atoms with Gasteiger partial charge in [0.15, 0.2) is 11.5 Å². The average molecular weight is 347 g/mol. The number of fused-ring (bicyclic) bond motifs is 1. The number of hydrogen-bond donors (Lipinski definition) is 0. The largest absolute Gasteiger partial charge is 0.491 e. The lowest BCUT2D eigenvalue weighted by Gasteiger charge is -2.32. The van der Waals surface area contributed by atoms with E-state index in [9.17, 15) is 0 Å². The van der Waals surface area contributed by atoms with Gasteiger partial charge in [0.1, 0.15) is 18.5 Å². The summed E-state index contributed by atoms with van der Waals surface area (Å²) in [6.07, 6.45) is 0.0874. The van der Waals surface area contributed by atoms with Crippen molar-refractivity contribution in [3.63, 3.8) is 0 Å². The van der Waals surface area contributed by atoms with E-state index in [0.717, 1.165) is 43.5 Å². The van der Waals surface area contributed by atoms with E-state index in [1.165, 1.54) is 10.4 Å². The minimum atomic E-state index is 0.0874. The van der Waals surface area contributed by atoms with E-state index >= 15 is 0 Å². The fourth-order valence-corrected chi connectivity index (χ4v) is 3.90. The van der Waals surface area contributed by atoms with Crippen molar-refractivity contribution >= 4 is 11.3 Å². The third-order valence-electron chi connectivity index (χ3n) is 4.34. The Kier molecular flexibility index (Phi) is 4.60. The van der Waals surface area contributed by atoms with E-state index < -0.39 is 0 Å². The zero-order chi connectivity index (χ0) is 16.4. The van der Waals surface area contributed by atoms with Gasteiger partial charge < -0.3 is 18.9 Å². The first kappa shape index (κ1) is 15.7. The molecule has 0 amide bonds. The van der Waals surface area contributed by atoms with Gasteiger partial charge in [0.25, 0.3) is 0 Å². The van der Waals surface area contributed by atoms with Gasteiger partial charge in [-0.1, -0.05) is 0 Å². The summed E-state index contributed by atoms with van der Waals surface area (Å²) in [5.74, 6) is 2.30. The lowest BCUT2D eigenvalue weighted by atomic mass is 10.2. The van der Waals surface area contributed by atoms with Gasteiger partial charge in [0.2, 0.25) is 6.79 Å². The van der Waals surface area contributed by atoms with Crippen LogP contribution in [0.3, 0.4) is 0 Å². The van der Waals surface area contributed by atoms with Crippen molar-refractivity contribution in [2.45, 2.75) is 19.6 Å². The van der Waals surface area contributed by atoms with Crippen LogP contribution in [0.4, 0.5) is 0 Å². The highest BCUT2D eigenvalue weighted by Crippen LogP contribution is 2.35. The van der Waals surface area contributed by atoms with Crippen molar-refractivity contribution in [3.05, 3.63) is 40.1 Å². The molecular weight excluding hydrogens is 326 g/mol. The average Bonchev–Trinajstić information content (AvgIpc) is 3.22. The number of hydrogen-bond acceptors (Lipinski definition) is 6. The number of nitrogens with zero attached hydrogens (tertiary/aromatic N) is 1. The zero-order valence-corrected chi connectivity index (χ0v) is 14.5. The summed E-state index contributed by atoms with van der Waals surface area (Å²) in [6, 6.07) is 7.84. The Hall–Kier alpha value is -1.76. The van der Waals surface area contributed by atoms with Gasteiger partial charge in [-0.25, -0.2) is 0 Å². The zero-order valence-electron chi connectivity index (χ0n) is 13.7. The van der Waals surface area contributed by atoms with Gasteiger partial charge in [0.05, 0.1) is 6.61 Å². The highest BCUT2D eigenvalue weighted by molar-refractivity contribution is 7.10. The van der Waals surface area contributed by atoms with Crippen LogP contribution >= 0.6 is 11.3 Å². The molecule has 128 valence electrons. The summed E-state index contributed by atoms with van der Waals surface area (Å²) in [5, 5.41) is 2.16. The molecule has 4 rings (SSSR count). The molecule has 6 heteroatoms. The molecule has 1 aromatic heterocycles. The molecule has 0 aliphatic carbocycles. The van der Waals surface area contributed by atoms with Crippen molar-refractivity contribution < 1.29 is 18.9 Å². The quantitative estimate of drug-likeness (QED) is 0.831. The Morgan fingerprint density at radius 3 is 3.04 bits per heavy atom. The van der Waals surface area contributed by atoms with Crippen molar-refractivity contribution in [1.82, 2.24) is 4.90 Å². The van der Waals surface area contributed by atoms with Gasteiger partial charge in [-0.05, 0) is 36.1 Å². The molecule has 1 fully saturated rings. The Bertz CT molecular complexity index is 702. The van der Waals surface area contributed by atoms with Gasteiger partial charge in [0, 0.05) is 30.6 Å². The number of rotatable bonds is 5. The molecule has 1 aromatic carbocycles. The first-order valence-electron chi connectivity index (χ1n) is 8.17. The third kappa shape index (κ3) is 3.50. The maximum atomic E-state index is 5.89. The minimum absolute atomic E-state index is 0.0874. The second kappa shape index (κ2) is 7.01. The van der Waals surface area contributed by atoms with Crippen molar-refractivity contribution in [2.24, 2.45) is 0 Å². The second-order valence-electron chi connectivity index (χ2n) is 6.08. The smallest absolute Gasteiger partial charge is 0.231 e. The number of aryl methyl sites for hydroxylation is 1. The first-order valence-corrected chi connectivity index (χ1v) is 9.05. The summed E-state index contributed by atoms with van der Waals surface area (Å²) in [4.78, 5) is 3.88. The molecule has 0 N–H and O–H groups in total. The Balaban J connectivity index is 1.31. The van der Waals surface area contributed by atoms with Crippen molar-refractivity contribution in [2.75, 3.05) is 33.1 Å². The lowest BCUT2D eigenvalue weighted by molar-refractivity contribution is -0.0502. The molecule has 0 radical (unpaired) electrons. The highest BCUT2D eigenvalue weighted by Gasteiger charge is 2.22. The number of ether oxygens (including phenoxy) is 4.